The van der Waals surface area contributed by atoms with Crippen molar-refractivity contribution in [1.82, 2.24) is 14.9 Å². The standard InChI is InChI=1S/C20H27N3O5/c1-5-12(4)16(19(26)27)22-17(24)15(10-11(2)3)23-18(25)13-8-6-7-9-14(13)21-20(23)28/h6-9,11-12,15-16H,5,10H2,1-4H3,(H,21,28)(H,22,24)(H,26,27)/t12-,15-,16-/m0/s1. The lowest BCUT2D eigenvalue weighted by Gasteiger charge is -2.25. The summed E-state index contributed by atoms with van der Waals surface area (Å²) in [6.45, 7) is 7.29. The first-order valence-corrected chi connectivity index (χ1v) is 9.44. The van der Waals surface area contributed by atoms with Crippen LogP contribution in [0.5, 0.6) is 0 Å². The van der Waals surface area contributed by atoms with Gasteiger partial charge in [0.05, 0.1) is 10.9 Å². The Morgan fingerprint density at radius 3 is 2.39 bits per heavy atom. The number of nitrogens with one attached hydrogen (secondary N) is 2. The number of aliphatic carboxylic acids is 1. The molecule has 1 amide bonds. The van der Waals surface area contributed by atoms with Crippen LogP contribution in [0.1, 0.15) is 46.6 Å². The van der Waals surface area contributed by atoms with E-state index >= 15 is 0 Å². The molecule has 0 bridgehead atoms. The van der Waals surface area contributed by atoms with E-state index in [1.165, 1.54) is 0 Å². The fourth-order valence-electron chi connectivity index (χ4n) is 3.17. The minimum Gasteiger partial charge on any atom is -0.480 e. The SMILES string of the molecule is CC[C@H](C)[C@H](NC(=O)[C@H](CC(C)C)n1c(=O)[nH]c2ccccc2c1=O)C(=O)O. The van der Waals surface area contributed by atoms with Gasteiger partial charge in [-0.3, -0.25) is 9.59 Å². The molecular formula is C20H27N3O5. The molecule has 152 valence electrons. The van der Waals surface area contributed by atoms with Crippen molar-refractivity contribution in [3.63, 3.8) is 0 Å². The van der Waals surface area contributed by atoms with Crippen molar-refractivity contribution in [3.8, 4) is 0 Å². The van der Waals surface area contributed by atoms with Gasteiger partial charge in [-0.1, -0.05) is 46.2 Å². The molecule has 0 aliphatic rings. The predicted molar refractivity (Wildman–Crippen MR) is 106 cm³/mol. The molecule has 1 aromatic heterocycles. The van der Waals surface area contributed by atoms with Crippen molar-refractivity contribution in [2.45, 2.75) is 52.6 Å². The average molecular weight is 389 g/mol. The number of carboxylic acid groups (broad SMARTS) is 1. The molecule has 0 saturated carbocycles. The summed E-state index contributed by atoms with van der Waals surface area (Å²) in [5.74, 6) is -2.09. The molecule has 2 aromatic rings. The van der Waals surface area contributed by atoms with Gasteiger partial charge < -0.3 is 15.4 Å². The van der Waals surface area contributed by atoms with E-state index in [4.69, 9.17) is 0 Å². The molecule has 0 spiro atoms. The van der Waals surface area contributed by atoms with Crippen LogP contribution in [0.2, 0.25) is 0 Å². The van der Waals surface area contributed by atoms with Crippen LogP contribution >= 0.6 is 0 Å². The van der Waals surface area contributed by atoms with Gasteiger partial charge in [0.25, 0.3) is 5.56 Å². The summed E-state index contributed by atoms with van der Waals surface area (Å²) in [6.07, 6.45) is 0.780. The Morgan fingerprint density at radius 1 is 1.18 bits per heavy atom. The molecule has 0 aliphatic heterocycles. The molecule has 1 heterocycles. The zero-order chi connectivity index (χ0) is 21.0. The Bertz CT molecular complexity index is 976. The first kappa shape index (κ1) is 21.4. The lowest BCUT2D eigenvalue weighted by molar-refractivity contribution is -0.144. The van der Waals surface area contributed by atoms with Crippen LogP contribution in [-0.4, -0.2) is 32.6 Å². The Hall–Kier alpha value is -2.90. The quantitative estimate of drug-likeness (QED) is 0.637. The summed E-state index contributed by atoms with van der Waals surface area (Å²) in [6, 6.07) is 4.36. The number of amides is 1. The number of H-pyrrole nitrogens is 1. The van der Waals surface area contributed by atoms with Crippen molar-refractivity contribution in [2.24, 2.45) is 11.8 Å². The molecule has 8 nitrogen and oxygen atoms in total. The number of para-hydroxylation sites is 1. The Balaban J connectivity index is 2.54. The number of aromatic nitrogens is 2. The third kappa shape index (κ3) is 4.49. The summed E-state index contributed by atoms with van der Waals surface area (Å²) in [7, 11) is 0. The lowest BCUT2D eigenvalue weighted by atomic mass is 9.97. The molecule has 8 heteroatoms. The van der Waals surface area contributed by atoms with E-state index in [0.717, 1.165) is 4.57 Å². The number of hydrogen-bond acceptors (Lipinski definition) is 4. The lowest BCUT2D eigenvalue weighted by Crippen LogP contribution is -2.51. The van der Waals surface area contributed by atoms with Crippen LogP contribution in [0.25, 0.3) is 10.9 Å². The van der Waals surface area contributed by atoms with E-state index in [2.05, 4.69) is 10.3 Å². The summed E-state index contributed by atoms with van der Waals surface area (Å²) in [5, 5.41) is 12.3. The van der Waals surface area contributed by atoms with Gasteiger partial charge in [-0.15, -0.1) is 0 Å². The zero-order valence-corrected chi connectivity index (χ0v) is 16.6. The highest BCUT2D eigenvalue weighted by Crippen LogP contribution is 2.18. The molecule has 2 rings (SSSR count). The highest BCUT2D eigenvalue weighted by molar-refractivity contribution is 5.86. The van der Waals surface area contributed by atoms with Crippen LogP contribution < -0.4 is 16.6 Å². The number of carbonyl (C=O) groups is 2. The average Bonchev–Trinajstić information content (AvgIpc) is 2.63. The fraction of sp³-hybridized carbons (Fsp3) is 0.500. The van der Waals surface area contributed by atoms with Crippen molar-refractivity contribution < 1.29 is 14.7 Å². The molecule has 0 aliphatic carbocycles. The number of rotatable bonds is 8. The normalized spacial score (nSPS) is 14.6. The minimum atomic E-state index is -1.15. The van der Waals surface area contributed by atoms with Gasteiger partial charge in [0.2, 0.25) is 5.91 Å². The number of benzene rings is 1. The Morgan fingerprint density at radius 2 is 1.82 bits per heavy atom. The number of carbonyl (C=O) groups excluding carboxylic acids is 1. The number of aromatic amines is 1. The maximum absolute atomic E-state index is 13.0. The molecule has 1 aromatic carbocycles. The fourth-order valence-corrected chi connectivity index (χ4v) is 3.17. The topological polar surface area (TPSA) is 121 Å². The smallest absolute Gasteiger partial charge is 0.329 e. The monoisotopic (exact) mass is 389 g/mol. The Kier molecular flexibility index (Phi) is 6.77. The van der Waals surface area contributed by atoms with Gasteiger partial charge in [0.1, 0.15) is 12.1 Å². The van der Waals surface area contributed by atoms with E-state index in [0.29, 0.717) is 17.3 Å². The highest BCUT2D eigenvalue weighted by Gasteiger charge is 2.31. The molecule has 0 unspecified atom stereocenters. The predicted octanol–water partition coefficient (Wildman–Crippen LogP) is 1.89. The van der Waals surface area contributed by atoms with Crippen LogP contribution in [0.4, 0.5) is 0 Å². The molecule has 0 saturated heterocycles. The molecule has 3 N–H and O–H groups in total. The maximum Gasteiger partial charge on any atom is 0.329 e. The van der Waals surface area contributed by atoms with Crippen LogP contribution in [0.3, 0.4) is 0 Å². The Labute approximate surface area is 162 Å². The third-order valence-electron chi connectivity index (χ3n) is 4.92. The van der Waals surface area contributed by atoms with Gasteiger partial charge in [-0.2, -0.15) is 0 Å². The number of hydrogen-bond donors (Lipinski definition) is 3. The van der Waals surface area contributed by atoms with Crippen molar-refractivity contribution in [1.29, 1.82) is 0 Å². The molecule has 0 radical (unpaired) electrons. The van der Waals surface area contributed by atoms with Crippen LogP contribution in [0.15, 0.2) is 33.9 Å². The molecule has 28 heavy (non-hydrogen) atoms. The van der Waals surface area contributed by atoms with Crippen LogP contribution in [0, 0.1) is 11.8 Å². The molecule has 3 atom stereocenters. The third-order valence-corrected chi connectivity index (χ3v) is 4.92. The van der Waals surface area contributed by atoms with Gasteiger partial charge >= 0.3 is 11.7 Å². The van der Waals surface area contributed by atoms with E-state index in [1.54, 1.807) is 31.2 Å². The van der Waals surface area contributed by atoms with E-state index in [1.807, 2.05) is 20.8 Å². The number of fused-ring (bicyclic) bond motifs is 1. The largest absolute Gasteiger partial charge is 0.480 e. The highest BCUT2D eigenvalue weighted by atomic mass is 16.4. The summed E-state index contributed by atoms with van der Waals surface area (Å²) >= 11 is 0. The van der Waals surface area contributed by atoms with Gasteiger partial charge in [-0.05, 0) is 30.4 Å². The second kappa shape index (κ2) is 8.86. The van der Waals surface area contributed by atoms with Crippen LogP contribution in [-0.2, 0) is 9.59 Å². The van der Waals surface area contributed by atoms with E-state index in [9.17, 15) is 24.3 Å². The van der Waals surface area contributed by atoms with E-state index < -0.39 is 35.2 Å². The van der Waals surface area contributed by atoms with Crippen molar-refractivity contribution in [2.75, 3.05) is 0 Å². The summed E-state index contributed by atoms with van der Waals surface area (Å²) < 4.78 is 0.896. The zero-order valence-electron chi connectivity index (χ0n) is 16.6. The summed E-state index contributed by atoms with van der Waals surface area (Å²) in [5.41, 5.74) is -0.879. The molecular weight excluding hydrogens is 362 g/mol. The number of nitrogens with zero attached hydrogens (tertiary/aromatic N) is 1. The van der Waals surface area contributed by atoms with Gasteiger partial charge in [0.15, 0.2) is 0 Å². The number of carboxylic acids is 1. The second-order valence-corrected chi connectivity index (χ2v) is 7.51. The minimum absolute atomic E-state index is 0.000368. The first-order chi connectivity index (χ1) is 13.2. The van der Waals surface area contributed by atoms with Crippen molar-refractivity contribution >= 4 is 22.8 Å². The van der Waals surface area contributed by atoms with Gasteiger partial charge in [0, 0.05) is 0 Å². The van der Waals surface area contributed by atoms with Gasteiger partial charge in [-0.25, -0.2) is 14.2 Å². The first-order valence-electron chi connectivity index (χ1n) is 9.44. The van der Waals surface area contributed by atoms with Crippen molar-refractivity contribution in [3.05, 3.63) is 45.1 Å². The summed E-state index contributed by atoms with van der Waals surface area (Å²) in [4.78, 5) is 52.7. The second-order valence-electron chi connectivity index (χ2n) is 7.51. The maximum atomic E-state index is 13.0. The molecule has 0 fully saturated rings. The van der Waals surface area contributed by atoms with E-state index in [-0.39, 0.29) is 18.3 Å².